The van der Waals surface area contributed by atoms with E-state index in [0.29, 0.717) is 30.5 Å². The van der Waals surface area contributed by atoms with E-state index < -0.39 is 15.8 Å². The van der Waals surface area contributed by atoms with Gasteiger partial charge in [0.05, 0.1) is 15.6 Å². The predicted molar refractivity (Wildman–Crippen MR) is 108 cm³/mol. The van der Waals surface area contributed by atoms with E-state index in [2.05, 4.69) is 18.6 Å². The molecular formula is C20H22ClFN2O3S. The molecule has 1 heterocycles. The Morgan fingerprint density at radius 3 is 2.32 bits per heavy atom. The van der Waals surface area contributed by atoms with Crippen molar-refractivity contribution in [3.63, 3.8) is 0 Å². The van der Waals surface area contributed by atoms with Gasteiger partial charge in [-0.2, -0.15) is 0 Å². The highest BCUT2D eigenvalue weighted by Gasteiger charge is 2.27. The molecule has 0 radical (unpaired) electrons. The molecule has 1 amide bonds. The molecule has 1 saturated heterocycles. The molecule has 28 heavy (non-hydrogen) atoms. The van der Waals surface area contributed by atoms with Gasteiger partial charge in [0, 0.05) is 18.7 Å². The van der Waals surface area contributed by atoms with Gasteiger partial charge in [0.2, 0.25) is 0 Å². The Morgan fingerprint density at radius 2 is 1.71 bits per heavy atom. The molecule has 2 atom stereocenters. The van der Waals surface area contributed by atoms with Crippen LogP contribution in [0.4, 0.5) is 10.1 Å². The van der Waals surface area contributed by atoms with Crippen LogP contribution in [0.3, 0.4) is 0 Å². The van der Waals surface area contributed by atoms with Crippen LogP contribution < -0.4 is 4.72 Å². The first-order chi connectivity index (χ1) is 13.2. The van der Waals surface area contributed by atoms with Crippen LogP contribution in [-0.2, 0) is 10.0 Å². The maximum atomic E-state index is 13.1. The molecule has 0 saturated carbocycles. The van der Waals surface area contributed by atoms with Gasteiger partial charge in [-0.1, -0.05) is 25.4 Å². The lowest BCUT2D eigenvalue weighted by Crippen LogP contribution is -2.42. The fourth-order valence-electron chi connectivity index (χ4n) is 3.57. The van der Waals surface area contributed by atoms with E-state index in [4.69, 9.17) is 11.6 Å². The minimum Gasteiger partial charge on any atom is -0.338 e. The van der Waals surface area contributed by atoms with Gasteiger partial charge in [-0.05, 0) is 60.7 Å². The molecular weight excluding hydrogens is 403 g/mol. The lowest BCUT2D eigenvalue weighted by atomic mass is 9.91. The highest BCUT2D eigenvalue weighted by Crippen LogP contribution is 2.28. The van der Waals surface area contributed by atoms with Gasteiger partial charge in [-0.15, -0.1) is 0 Å². The third-order valence-electron chi connectivity index (χ3n) is 4.74. The number of amides is 1. The molecule has 0 unspecified atom stereocenters. The molecule has 0 aliphatic carbocycles. The monoisotopic (exact) mass is 424 g/mol. The third-order valence-corrected chi connectivity index (χ3v) is 6.45. The lowest BCUT2D eigenvalue weighted by Gasteiger charge is -2.35. The van der Waals surface area contributed by atoms with E-state index in [1.807, 2.05) is 0 Å². The first kappa shape index (κ1) is 20.6. The Hall–Kier alpha value is -2.12. The fraction of sp³-hybridized carbons (Fsp3) is 0.350. The number of hydrogen-bond donors (Lipinski definition) is 1. The predicted octanol–water partition coefficient (Wildman–Crippen LogP) is 4.40. The van der Waals surface area contributed by atoms with E-state index in [0.717, 1.165) is 30.7 Å². The normalized spacial score (nSPS) is 20.1. The van der Waals surface area contributed by atoms with Crippen LogP contribution in [0.15, 0.2) is 47.4 Å². The summed E-state index contributed by atoms with van der Waals surface area (Å²) in [6, 6.07) is 8.98. The van der Waals surface area contributed by atoms with Gasteiger partial charge in [-0.3, -0.25) is 9.52 Å². The number of sulfonamides is 1. The summed E-state index contributed by atoms with van der Waals surface area (Å²) in [4.78, 5) is 14.6. The van der Waals surface area contributed by atoms with Gasteiger partial charge in [0.25, 0.3) is 15.9 Å². The Balaban J connectivity index is 1.85. The SMILES string of the molecule is C[C@H]1C[C@H](C)CN(C(=O)c2ccc(Cl)c(NS(=O)(=O)c3ccc(F)cc3)c2)C1. The number of benzene rings is 2. The molecule has 2 aromatic carbocycles. The minimum absolute atomic E-state index is 0.0969. The van der Waals surface area contributed by atoms with Crippen molar-refractivity contribution in [3.8, 4) is 0 Å². The van der Waals surface area contributed by atoms with Crippen LogP contribution in [-0.4, -0.2) is 32.3 Å². The summed E-state index contributed by atoms with van der Waals surface area (Å²) in [5, 5.41) is 0.169. The highest BCUT2D eigenvalue weighted by atomic mass is 35.5. The second-order valence-corrected chi connectivity index (χ2v) is 9.50. The lowest BCUT2D eigenvalue weighted by molar-refractivity contribution is 0.0623. The number of carbonyl (C=O) groups is 1. The number of nitrogens with zero attached hydrogens (tertiary/aromatic N) is 1. The van der Waals surface area contributed by atoms with E-state index in [-0.39, 0.29) is 21.5 Å². The van der Waals surface area contributed by atoms with Crippen molar-refractivity contribution in [2.24, 2.45) is 11.8 Å². The smallest absolute Gasteiger partial charge is 0.261 e. The van der Waals surface area contributed by atoms with Crippen molar-refractivity contribution < 1.29 is 17.6 Å². The zero-order valence-electron chi connectivity index (χ0n) is 15.7. The maximum absolute atomic E-state index is 13.1. The number of carbonyl (C=O) groups excluding carboxylic acids is 1. The summed E-state index contributed by atoms with van der Waals surface area (Å²) < 4.78 is 40.5. The maximum Gasteiger partial charge on any atom is 0.261 e. The highest BCUT2D eigenvalue weighted by molar-refractivity contribution is 7.92. The fourth-order valence-corrected chi connectivity index (χ4v) is 4.86. The van der Waals surface area contributed by atoms with Crippen LogP contribution in [0.2, 0.25) is 5.02 Å². The largest absolute Gasteiger partial charge is 0.338 e. The van der Waals surface area contributed by atoms with Crippen LogP contribution in [0, 0.1) is 17.7 Å². The quantitative estimate of drug-likeness (QED) is 0.791. The molecule has 8 heteroatoms. The number of anilines is 1. The summed E-state index contributed by atoms with van der Waals surface area (Å²) in [7, 11) is -3.96. The van der Waals surface area contributed by atoms with Crippen molar-refractivity contribution in [3.05, 3.63) is 58.9 Å². The van der Waals surface area contributed by atoms with Crippen LogP contribution in [0.5, 0.6) is 0 Å². The zero-order chi connectivity index (χ0) is 20.5. The van der Waals surface area contributed by atoms with Crippen molar-refractivity contribution in [1.29, 1.82) is 0 Å². The number of likely N-dealkylation sites (tertiary alicyclic amines) is 1. The molecule has 0 bridgehead atoms. The second kappa shape index (κ2) is 8.09. The average molecular weight is 425 g/mol. The molecule has 1 aliphatic rings. The third kappa shape index (κ3) is 4.64. The molecule has 150 valence electrons. The summed E-state index contributed by atoms with van der Waals surface area (Å²) >= 11 is 6.14. The number of nitrogens with one attached hydrogen (secondary N) is 1. The van der Waals surface area contributed by atoms with Gasteiger partial charge in [0.15, 0.2) is 0 Å². The van der Waals surface area contributed by atoms with Crippen LogP contribution >= 0.6 is 11.6 Å². The zero-order valence-corrected chi connectivity index (χ0v) is 17.2. The van der Waals surface area contributed by atoms with Crippen molar-refractivity contribution >= 4 is 33.2 Å². The molecule has 2 aromatic rings. The number of halogens is 2. The van der Waals surface area contributed by atoms with E-state index >= 15 is 0 Å². The molecule has 1 N–H and O–H groups in total. The first-order valence-corrected chi connectivity index (χ1v) is 10.9. The minimum atomic E-state index is -3.96. The summed E-state index contributed by atoms with van der Waals surface area (Å²) in [6.45, 7) is 5.56. The van der Waals surface area contributed by atoms with Gasteiger partial charge in [-0.25, -0.2) is 12.8 Å². The average Bonchev–Trinajstić information content (AvgIpc) is 2.62. The van der Waals surface area contributed by atoms with Crippen molar-refractivity contribution in [2.45, 2.75) is 25.2 Å². The standard InChI is InChI=1S/C20H22ClFN2O3S/c1-13-9-14(2)12-24(11-13)20(25)15-3-8-18(21)19(10-15)23-28(26,27)17-6-4-16(22)5-7-17/h3-8,10,13-14,23H,9,11-12H2,1-2H3/t13-,14-/m0/s1. The van der Waals surface area contributed by atoms with Crippen molar-refractivity contribution in [2.75, 3.05) is 17.8 Å². The molecule has 5 nitrogen and oxygen atoms in total. The molecule has 0 aromatic heterocycles. The number of hydrogen-bond acceptors (Lipinski definition) is 3. The molecule has 1 aliphatic heterocycles. The van der Waals surface area contributed by atoms with Gasteiger partial charge >= 0.3 is 0 Å². The van der Waals surface area contributed by atoms with Crippen LogP contribution in [0.25, 0.3) is 0 Å². The Kier molecular flexibility index (Phi) is 5.95. The topological polar surface area (TPSA) is 66.5 Å². The number of piperidine rings is 1. The molecule has 0 spiro atoms. The first-order valence-electron chi connectivity index (χ1n) is 9.03. The summed E-state index contributed by atoms with van der Waals surface area (Å²) in [5.74, 6) is 0.139. The van der Waals surface area contributed by atoms with Crippen molar-refractivity contribution in [1.82, 2.24) is 4.90 Å². The Bertz CT molecular complexity index is 969. The molecule has 3 rings (SSSR count). The molecule has 1 fully saturated rings. The summed E-state index contributed by atoms with van der Waals surface area (Å²) in [6.07, 6.45) is 1.08. The van der Waals surface area contributed by atoms with Gasteiger partial charge < -0.3 is 4.90 Å². The number of rotatable bonds is 4. The van der Waals surface area contributed by atoms with E-state index in [9.17, 15) is 17.6 Å². The summed E-state index contributed by atoms with van der Waals surface area (Å²) in [5.41, 5.74) is 0.470. The van der Waals surface area contributed by atoms with E-state index in [1.165, 1.54) is 12.1 Å². The second-order valence-electron chi connectivity index (χ2n) is 7.41. The van der Waals surface area contributed by atoms with Crippen LogP contribution in [0.1, 0.15) is 30.6 Å². The Morgan fingerprint density at radius 1 is 1.11 bits per heavy atom. The van der Waals surface area contributed by atoms with E-state index in [1.54, 1.807) is 11.0 Å². The Labute approximate surface area is 169 Å². The van der Waals surface area contributed by atoms with Gasteiger partial charge in [0.1, 0.15) is 5.82 Å².